The van der Waals surface area contributed by atoms with Crippen molar-refractivity contribution in [3.8, 4) is 0 Å². The minimum absolute atomic E-state index is 0. The van der Waals surface area contributed by atoms with Gasteiger partial charge in [0.25, 0.3) is 0 Å². The molecule has 0 aromatic carbocycles. The Hall–Kier alpha value is 1.29. The van der Waals surface area contributed by atoms with Gasteiger partial charge in [-0.15, -0.1) is 12.4 Å². The van der Waals surface area contributed by atoms with Crippen LogP contribution < -0.4 is 0 Å². The maximum absolute atomic E-state index is 0. The molecule has 0 aromatic rings. The van der Waals surface area contributed by atoms with Crippen molar-refractivity contribution in [2.24, 2.45) is 0 Å². The van der Waals surface area contributed by atoms with Crippen molar-refractivity contribution in [1.82, 2.24) is 0 Å². The monoisotopic (exact) mass is 180 g/mol. The van der Waals surface area contributed by atoms with Crippen LogP contribution in [0.5, 0.6) is 0 Å². The van der Waals surface area contributed by atoms with Crippen molar-refractivity contribution in [2.45, 2.75) is 0 Å². The van der Waals surface area contributed by atoms with Crippen LogP contribution in [0.2, 0.25) is 0 Å². The Morgan fingerprint density at radius 1 is 0.750 bits per heavy atom. The maximum atomic E-state index is 0. The Morgan fingerprint density at radius 3 is 0.750 bits per heavy atom. The second-order valence-corrected chi connectivity index (χ2v) is 0. The van der Waals surface area contributed by atoms with Gasteiger partial charge in [0.05, 0.1) is 0 Å². The normalized spacial score (nSPS) is 0. The summed E-state index contributed by atoms with van der Waals surface area (Å²) < 4.78 is 0. The zero-order valence-electron chi connectivity index (χ0n) is 1.51. The average Bonchev–Trinajstić information content (AvgIpc) is 0. The van der Waals surface area contributed by atoms with E-state index < -0.39 is 0 Å². The van der Waals surface area contributed by atoms with Crippen molar-refractivity contribution >= 4 is 12.4 Å². The van der Waals surface area contributed by atoms with Crippen molar-refractivity contribution in [3.63, 3.8) is 0 Å². The molecule has 4 heavy (non-hydrogen) atoms. The Kier molecular flexibility index (Phi) is 409. The summed E-state index contributed by atoms with van der Waals surface area (Å²) in [6, 6.07) is 0. The van der Waals surface area contributed by atoms with E-state index in [1.165, 1.54) is 0 Å². The molecule has 0 atom stereocenters. The van der Waals surface area contributed by atoms with Gasteiger partial charge in [-0.1, -0.05) is 0 Å². The summed E-state index contributed by atoms with van der Waals surface area (Å²) in [7, 11) is 0. The molecule has 0 spiro atoms. The van der Waals surface area contributed by atoms with Gasteiger partial charge in [0, 0.05) is 34.1 Å². The van der Waals surface area contributed by atoms with Gasteiger partial charge in [-0.05, 0) is 0 Å². The molecule has 0 amide bonds. The standard InChI is InChI=1S/ClH.2Cu.H2O/h1H;;;1H2. The summed E-state index contributed by atoms with van der Waals surface area (Å²) in [6.07, 6.45) is 0. The molecule has 2 N–H and O–H groups in total. The topological polar surface area (TPSA) is 31.5 Å². The van der Waals surface area contributed by atoms with Crippen LogP contribution in [0.1, 0.15) is 0 Å². The van der Waals surface area contributed by atoms with Crippen molar-refractivity contribution in [3.05, 3.63) is 0 Å². The third kappa shape index (κ3) is 10.4. The molecule has 0 fully saturated rings. The summed E-state index contributed by atoms with van der Waals surface area (Å²) in [4.78, 5) is 0. The number of rotatable bonds is 0. The van der Waals surface area contributed by atoms with E-state index in [2.05, 4.69) is 0 Å². The predicted octanol–water partition coefficient (Wildman–Crippen LogP) is -0.408. The summed E-state index contributed by atoms with van der Waals surface area (Å²) in [6.45, 7) is 0. The van der Waals surface area contributed by atoms with Crippen LogP contribution in [0.4, 0.5) is 0 Å². The van der Waals surface area contributed by atoms with Gasteiger partial charge in [-0.3, -0.25) is 0 Å². The fraction of sp³-hybridized carbons (Fsp3) is 0. The molecule has 0 rings (SSSR count). The summed E-state index contributed by atoms with van der Waals surface area (Å²) >= 11 is 0. The van der Waals surface area contributed by atoms with Crippen LogP contribution in [0.3, 0.4) is 0 Å². The fourth-order valence-corrected chi connectivity index (χ4v) is 0. The molecule has 0 aliphatic heterocycles. The SMILES string of the molecule is Cl.O.[Cu].[Cu]. The van der Waals surface area contributed by atoms with E-state index in [0.717, 1.165) is 0 Å². The van der Waals surface area contributed by atoms with Crippen molar-refractivity contribution in [1.29, 1.82) is 0 Å². The largest absolute Gasteiger partial charge is 0.412 e. The van der Waals surface area contributed by atoms with Gasteiger partial charge in [-0.25, -0.2) is 0 Å². The molecule has 38 valence electrons. The molecule has 0 aliphatic carbocycles. The van der Waals surface area contributed by atoms with Crippen LogP contribution in [-0.4, -0.2) is 5.48 Å². The molecule has 0 aromatic heterocycles. The molecule has 2 radical (unpaired) electrons. The van der Waals surface area contributed by atoms with E-state index in [1.54, 1.807) is 0 Å². The Bertz CT molecular complexity index is 6.00. The van der Waals surface area contributed by atoms with Crippen LogP contribution in [0, 0.1) is 0 Å². The third-order valence-electron chi connectivity index (χ3n) is 0. The smallest absolute Gasteiger partial charge is 0 e. The van der Waals surface area contributed by atoms with Gasteiger partial charge >= 0.3 is 0 Å². The van der Waals surface area contributed by atoms with Gasteiger partial charge < -0.3 is 5.48 Å². The molecular weight excluding hydrogens is 179 g/mol. The van der Waals surface area contributed by atoms with Gasteiger partial charge in [-0.2, -0.15) is 0 Å². The molecule has 1 nitrogen and oxygen atoms in total. The molecule has 0 saturated heterocycles. The van der Waals surface area contributed by atoms with E-state index in [-0.39, 0.29) is 52.0 Å². The van der Waals surface area contributed by atoms with Crippen LogP contribution in [0.15, 0.2) is 0 Å². The van der Waals surface area contributed by atoms with E-state index >= 15 is 0 Å². The van der Waals surface area contributed by atoms with Crippen molar-refractivity contribution < 1.29 is 39.6 Å². The quantitative estimate of drug-likeness (QED) is 0.455. The number of hydrogen-bond acceptors (Lipinski definition) is 0. The first-order valence-electron chi connectivity index (χ1n) is 0. The van der Waals surface area contributed by atoms with Gasteiger partial charge in [0.15, 0.2) is 0 Å². The average molecular weight is 182 g/mol. The maximum Gasteiger partial charge on any atom is 0 e. The fourth-order valence-electron chi connectivity index (χ4n) is 0. The molecule has 0 aliphatic rings. The Balaban J connectivity index is 0. The zero-order valence-corrected chi connectivity index (χ0v) is 4.21. The van der Waals surface area contributed by atoms with E-state index in [0.29, 0.717) is 0 Å². The first kappa shape index (κ1) is 58.6. The van der Waals surface area contributed by atoms with E-state index in [1.807, 2.05) is 0 Å². The summed E-state index contributed by atoms with van der Waals surface area (Å²) in [5.74, 6) is 0. The molecule has 0 unspecified atom stereocenters. The minimum Gasteiger partial charge on any atom is -0.412 e. The molecular formula is H3ClCu2O. The van der Waals surface area contributed by atoms with Crippen LogP contribution in [-0.2, 0) is 34.1 Å². The first-order chi connectivity index (χ1) is 0. The molecule has 4 heteroatoms. The number of halogens is 1. The van der Waals surface area contributed by atoms with Crippen LogP contribution >= 0.6 is 12.4 Å². The molecule has 0 saturated carbocycles. The second-order valence-electron chi connectivity index (χ2n) is 0. The van der Waals surface area contributed by atoms with Gasteiger partial charge in [0.1, 0.15) is 0 Å². The predicted molar refractivity (Wildman–Crippen MR) is 10.9 cm³/mol. The summed E-state index contributed by atoms with van der Waals surface area (Å²) in [5, 5.41) is 0. The Morgan fingerprint density at radius 2 is 0.750 bits per heavy atom. The van der Waals surface area contributed by atoms with E-state index in [4.69, 9.17) is 0 Å². The Labute approximate surface area is 52.2 Å². The first-order valence-corrected chi connectivity index (χ1v) is 0. The minimum atomic E-state index is 0. The van der Waals surface area contributed by atoms with Crippen molar-refractivity contribution in [2.75, 3.05) is 0 Å². The third-order valence-corrected chi connectivity index (χ3v) is 0. The molecule has 0 bridgehead atoms. The number of hydrogen-bond donors (Lipinski definition) is 0. The van der Waals surface area contributed by atoms with E-state index in [9.17, 15) is 0 Å². The van der Waals surface area contributed by atoms with Gasteiger partial charge in [0.2, 0.25) is 0 Å². The zero-order chi connectivity index (χ0) is 0. The molecule has 0 heterocycles. The summed E-state index contributed by atoms with van der Waals surface area (Å²) in [5.41, 5.74) is 0. The van der Waals surface area contributed by atoms with Crippen LogP contribution in [0.25, 0.3) is 0 Å². The second kappa shape index (κ2) is 27.9.